The molecule has 1 aliphatic rings. The van der Waals surface area contributed by atoms with Gasteiger partial charge in [0.05, 0.1) is 0 Å². The first-order valence-corrected chi connectivity index (χ1v) is 8.54. The van der Waals surface area contributed by atoms with Gasteiger partial charge in [-0.05, 0) is 49.6 Å². The molecule has 6 nitrogen and oxygen atoms in total. The maximum Gasteiger partial charge on any atom is 0.245 e. The number of aromatic hydroxyl groups is 1. The van der Waals surface area contributed by atoms with Crippen molar-refractivity contribution in [2.75, 3.05) is 18.8 Å². The van der Waals surface area contributed by atoms with E-state index < -0.39 is 0 Å². The molecule has 2 heterocycles. The first kappa shape index (κ1) is 19.2. The van der Waals surface area contributed by atoms with Crippen molar-refractivity contribution in [3.05, 3.63) is 59.8 Å². The zero-order chi connectivity index (χ0) is 19.1. The monoisotopic (exact) mass is 354 g/mol. The topological polar surface area (TPSA) is 108 Å². The van der Waals surface area contributed by atoms with Gasteiger partial charge in [-0.15, -0.1) is 0 Å². The molecule has 3 rings (SSSR count). The van der Waals surface area contributed by atoms with Crippen molar-refractivity contribution in [2.24, 2.45) is 5.73 Å². The highest BCUT2D eigenvalue weighted by atomic mass is 16.3. The molecule has 1 amide bonds. The van der Waals surface area contributed by atoms with Gasteiger partial charge in [0.1, 0.15) is 11.6 Å². The van der Waals surface area contributed by atoms with Gasteiger partial charge in [0.2, 0.25) is 5.91 Å². The van der Waals surface area contributed by atoms with Crippen molar-refractivity contribution in [3.8, 4) is 5.75 Å². The molecule has 0 bridgehead atoms. The molecule has 0 spiro atoms. The fourth-order valence-electron chi connectivity index (χ4n) is 2.76. The SMILES string of the molecule is C=CC(=O)N1CCCC1.Cc1c[nH]c(N)c1/C=C(\N)c1ccccc1O. The van der Waals surface area contributed by atoms with Gasteiger partial charge in [-0.2, -0.15) is 0 Å². The van der Waals surface area contributed by atoms with Gasteiger partial charge in [0.25, 0.3) is 0 Å². The number of aromatic amines is 1. The number of aryl methyl sites for hydroxylation is 1. The van der Waals surface area contributed by atoms with Crippen LogP contribution in [0.5, 0.6) is 5.75 Å². The molecule has 26 heavy (non-hydrogen) atoms. The van der Waals surface area contributed by atoms with E-state index in [4.69, 9.17) is 11.5 Å². The van der Waals surface area contributed by atoms with Crippen molar-refractivity contribution in [1.29, 1.82) is 0 Å². The number of carbonyl (C=O) groups is 1. The predicted octanol–water partition coefficient (Wildman–Crippen LogP) is 2.86. The molecule has 0 unspecified atom stereocenters. The highest BCUT2D eigenvalue weighted by molar-refractivity contribution is 5.87. The summed E-state index contributed by atoms with van der Waals surface area (Å²) in [5.41, 5.74) is 14.7. The van der Waals surface area contributed by atoms with Gasteiger partial charge in [-0.25, -0.2) is 0 Å². The molecule has 1 aromatic carbocycles. The number of carbonyl (C=O) groups excluding carboxylic acids is 1. The van der Waals surface area contributed by atoms with Crippen LogP contribution in [0.4, 0.5) is 5.82 Å². The summed E-state index contributed by atoms with van der Waals surface area (Å²) in [6.07, 6.45) is 7.26. The fourth-order valence-corrected chi connectivity index (χ4v) is 2.76. The molecule has 0 saturated carbocycles. The van der Waals surface area contributed by atoms with E-state index in [9.17, 15) is 9.90 Å². The number of hydrogen-bond acceptors (Lipinski definition) is 4. The van der Waals surface area contributed by atoms with Gasteiger partial charge in [0.15, 0.2) is 0 Å². The third-order valence-electron chi connectivity index (χ3n) is 4.27. The molecular formula is C20H26N4O2. The molecule has 6 N–H and O–H groups in total. The number of phenolic OH excluding ortho intramolecular Hbond substituents is 1. The Bertz CT molecular complexity index is 782. The number of hydrogen-bond donors (Lipinski definition) is 4. The summed E-state index contributed by atoms with van der Waals surface area (Å²) in [4.78, 5) is 15.6. The number of H-pyrrole nitrogens is 1. The molecule has 1 aromatic heterocycles. The van der Waals surface area contributed by atoms with Crippen LogP contribution >= 0.6 is 0 Å². The quantitative estimate of drug-likeness (QED) is 0.636. The predicted molar refractivity (Wildman–Crippen MR) is 106 cm³/mol. The summed E-state index contributed by atoms with van der Waals surface area (Å²) in [7, 11) is 0. The maximum absolute atomic E-state index is 10.8. The smallest absolute Gasteiger partial charge is 0.245 e. The van der Waals surface area contributed by atoms with Crippen LogP contribution in [-0.2, 0) is 4.79 Å². The summed E-state index contributed by atoms with van der Waals surface area (Å²) in [6, 6.07) is 6.94. The summed E-state index contributed by atoms with van der Waals surface area (Å²) >= 11 is 0. The van der Waals surface area contributed by atoms with Crippen molar-refractivity contribution in [2.45, 2.75) is 19.8 Å². The molecule has 0 atom stereocenters. The minimum atomic E-state index is 0.0764. The molecule has 138 valence electrons. The zero-order valence-electron chi connectivity index (χ0n) is 15.0. The van der Waals surface area contributed by atoms with Gasteiger partial charge < -0.3 is 26.5 Å². The number of benzene rings is 1. The van der Waals surface area contributed by atoms with Gasteiger partial charge >= 0.3 is 0 Å². The van der Waals surface area contributed by atoms with Crippen LogP contribution in [0.2, 0.25) is 0 Å². The lowest BCUT2D eigenvalue weighted by molar-refractivity contribution is -0.124. The Hall–Kier alpha value is -3.15. The Morgan fingerprint density at radius 1 is 1.31 bits per heavy atom. The second-order valence-electron chi connectivity index (χ2n) is 6.15. The number of para-hydroxylation sites is 1. The number of likely N-dealkylation sites (tertiary alicyclic amines) is 1. The highest BCUT2D eigenvalue weighted by Crippen LogP contribution is 2.25. The first-order valence-electron chi connectivity index (χ1n) is 8.54. The standard InChI is InChI=1S/C13H15N3O.C7H11NO/c1-8-7-16-13(15)10(8)6-11(14)9-4-2-3-5-12(9)17;1-2-7(9)8-5-3-4-6-8/h2-7,16-17H,14-15H2,1H3;2H,1,3-6H2/b11-6-;. The van der Waals surface area contributed by atoms with Crippen LogP contribution in [0.1, 0.15) is 29.5 Å². The summed E-state index contributed by atoms with van der Waals surface area (Å²) in [5, 5.41) is 9.69. The van der Waals surface area contributed by atoms with Crippen molar-refractivity contribution in [1.82, 2.24) is 9.88 Å². The Labute approximate surface area is 153 Å². The maximum atomic E-state index is 10.8. The number of nitrogens with two attached hydrogens (primary N) is 2. The lowest BCUT2D eigenvalue weighted by atomic mass is 10.1. The van der Waals surface area contributed by atoms with E-state index >= 15 is 0 Å². The van der Waals surface area contributed by atoms with Crippen LogP contribution < -0.4 is 11.5 Å². The van der Waals surface area contributed by atoms with Crippen LogP contribution in [0, 0.1) is 6.92 Å². The first-order chi connectivity index (χ1) is 12.4. The molecule has 1 aliphatic heterocycles. The van der Waals surface area contributed by atoms with E-state index in [0.29, 0.717) is 17.1 Å². The van der Waals surface area contributed by atoms with Crippen LogP contribution in [0.3, 0.4) is 0 Å². The average molecular weight is 354 g/mol. The van der Waals surface area contributed by atoms with Crippen LogP contribution in [0.15, 0.2) is 43.1 Å². The molecule has 1 fully saturated rings. The van der Waals surface area contributed by atoms with E-state index in [1.165, 1.54) is 6.08 Å². The normalized spacial score (nSPS) is 13.9. The number of nitrogens with one attached hydrogen (secondary N) is 1. The van der Waals surface area contributed by atoms with Crippen molar-refractivity contribution >= 4 is 23.5 Å². The fraction of sp³-hybridized carbons (Fsp3) is 0.250. The second kappa shape index (κ2) is 8.80. The third-order valence-corrected chi connectivity index (χ3v) is 4.27. The number of nitrogen functional groups attached to an aromatic ring is 1. The van der Waals surface area contributed by atoms with Crippen molar-refractivity contribution in [3.63, 3.8) is 0 Å². The lowest BCUT2D eigenvalue weighted by Crippen LogP contribution is -2.25. The van der Waals surface area contributed by atoms with E-state index in [-0.39, 0.29) is 11.7 Å². The largest absolute Gasteiger partial charge is 0.507 e. The van der Waals surface area contributed by atoms with E-state index in [1.54, 1.807) is 24.3 Å². The van der Waals surface area contributed by atoms with Crippen molar-refractivity contribution < 1.29 is 9.90 Å². The Balaban J connectivity index is 0.000000228. The van der Waals surface area contributed by atoms with E-state index in [1.807, 2.05) is 24.1 Å². The van der Waals surface area contributed by atoms with Gasteiger partial charge in [0, 0.05) is 36.1 Å². The van der Waals surface area contributed by atoms with Crippen LogP contribution in [0.25, 0.3) is 11.8 Å². The highest BCUT2D eigenvalue weighted by Gasteiger charge is 2.14. The minimum absolute atomic E-state index is 0.0764. The minimum Gasteiger partial charge on any atom is -0.507 e. The Morgan fingerprint density at radius 3 is 2.50 bits per heavy atom. The van der Waals surface area contributed by atoms with E-state index in [2.05, 4.69) is 11.6 Å². The van der Waals surface area contributed by atoms with Gasteiger partial charge in [-0.1, -0.05) is 18.7 Å². The zero-order valence-corrected chi connectivity index (χ0v) is 15.0. The number of amides is 1. The number of rotatable bonds is 3. The average Bonchev–Trinajstić information content (AvgIpc) is 3.28. The number of aromatic nitrogens is 1. The Kier molecular flexibility index (Phi) is 6.49. The summed E-state index contributed by atoms with van der Waals surface area (Å²) in [6.45, 7) is 7.20. The second-order valence-corrected chi connectivity index (χ2v) is 6.15. The molecular weight excluding hydrogens is 328 g/mol. The number of phenols is 1. The Morgan fingerprint density at radius 2 is 1.96 bits per heavy atom. The molecule has 0 radical (unpaired) electrons. The number of nitrogens with zero attached hydrogens (tertiary/aromatic N) is 1. The molecule has 1 saturated heterocycles. The molecule has 2 aromatic rings. The molecule has 0 aliphatic carbocycles. The lowest BCUT2D eigenvalue weighted by Gasteiger charge is -2.10. The van der Waals surface area contributed by atoms with Crippen LogP contribution in [-0.4, -0.2) is 34.0 Å². The number of anilines is 1. The van der Waals surface area contributed by atoms with Gasteiger partial charge in [-0.3, -0.25) is 4.79 Å². The third kappa shape index (κ3) is 4.69. The molecule has 6 heteroatoms. The summed E-state index contributed by atoms with van der Waals surface area (Å²) < 4.78 is 0. The summed E-state index contributed by atoms with van der Waals surface area (Å²) in [5.74, 6) is 0.807. The van der Waals surface area contributed by atoms with E-state index in [0.717, 1.165) is 37.1 Å².